The number of aromatic nitrogens is 2. The average molecular weight is 304 g/mol. The van der Waals surface area contributed by atoms with E-state index in [1.165, 1.54) is 43.4 Å². The highest BCUT2D eigenvalue weighted by atomic mass is 32.1. The van der Waals surface area contributed by atoms with Crippen LogP contribution < -0.4 is 11.3 Å². The van der Waals surface area contributed by atoms with Gasteiger partial charge >= 0.3 is 0 Å². The first-order chi connectivity index (χ1) is 10.2. The van der Waals surface area contributed by atoms with E-state index in [9.17, 15) is 0 Å². The van der Waals surface area contributed by atoms with Crippen LogP contribution >= 0.6 is 11.3 Å². The van der Waals surface area contributed by atoms with Crippen molar-refractivity contribution in [1.82, 2.24) is 9.97 Å². The fourth-order valence-corrected chi connectivity index (χ4v) is 4.36. The molecule has 21 heavy (non-hydrogen) atoms. The van der Waals surface area contributed by atoms with Crippen LogP contribution in [0.3, 0.4) is 0 Å². The van der Waals surface area contributed by atoms with E-state index in [0.717, 1.165) is 27.8 Å². The summed E-state index contributed by atoms with van der Waals surface area (Å²) >= 11 is 1.72. The van der Waals surface area contributed by atoms with Gasteiger partial charge in [-0.05, 0) is 44.6 Å². The summed E-state index contributed by atoms with van der Waals surface area (Å²) in [5.74, 6) is 8.81. The van der Waals surface area contributed by atoms with Gasteiger partial charge in [0.1, 0.15) is 10.7 Å². The molecule has 5 heteroatoms. The van der Waals surface area contributed by atoms with Crippen molar-refractivity contribution >= 4 is 27.4 Å². The van der Waals surface area contributed by atoms with Crippen LogP contribution in [0.2, 0.25) is 0 Å². The number of anilines is 1. The van der Waals surface area contributed by atoms with E-state index in [1.54, 1.807) is 11.3 Å². The zero-order valence-electron chi connectivity index (χ0n) is 12.9. The lowest BCUT2D eigenvalue weighted by molar-refractivity contribution is 0.303. The fourth-order valence-electron chi connectivity index (χ4n) is 3.47. The largest absolute Gasteiger partial charge is 0.308 e. The summed E-state index contributed by atoms with van der Waals surface area (Å²) in [6.07, 6.45) is 7.72. The zero-order chi connectivity index (χ0) is 14.8. The Hall–Kier alpha value is -1.20. The summed E-state index contributed by atoms with van der Waals surface area (Å²) in [5, 5.41) is 1.04. The molecule has 2 heterocycles. The van der Waals surface area contributed by atoms with Crippen molar-refractivity contribution in [2.24, 2.45) is 11.8 Å². The van der Waals surface area contributed by atoms with Crippen LogP contribution in [-0.2, 0) is 0 Å². The predicted octanol–water partition coefficient (Wildman–Crippen LogP) is 4.36. The van der Waals surface area contributed by atoms with Crippen LogP contribution in [0.5, 0.6) is 0 Å². The maximum Gasteiger partial charge on any atom is 0.152 e. The van der Waals surface area contributed by atoms with E-state index in [4.69, 9.17) is 10.8 Å². The summed E-state index contributed by atoms with van der Waals surface area (Å²) in [4.78, 5) is 11.8. The lowest BCUT2D eigenvalue weighted by atomic mass is 9.80. The minimum Gasteiger partial charge on any atom is -0.308 e. The second-order valence-electron chi connectivity index (χ2n) is 6.16. The summed E-state index contributed by atoms with van der Waals surface area (Å²) in [6, 6.07) is 2.11. The van der Waals surface area contributed by atoms with Crippen LogP contribution in [-0.4, -0.2) is 9.97 Å². The van der Waals surface area contributed by atoms with Gasteiger partial charge < -0.3 is 5.43 Å². The van der Waals surface area contributed by atoms with Gasteiger partial charge in [0.15, 0.2) is 5.82 Å². The van der Waals surface area contributed by atoms with E-state index in [2.05, 4.69) is 30.3 Å². The SMILES string of the molecule is CCCC1CCC(c2nc(NN)c3cc(C)sc3n2)CC1. The molecule has 1 fully saturated rings. The third-order valence-electron chi connectivity index (χ3n) is 4.58. The molecule has 0 unspecified atom stereocenters. The number of thiophene rings is 1. The van der Waals surface area contributed by atoms with Gasteiger partial charge in [0, 0.05) is 10.8 Å². The molecule has 1 aliphatic carbocycles. The van der Waals surface area contributed by atoms with Crippen LogP contribution in [0.15, 0.2) is 6.07 Å². The molecule has 2 aromatic rings. The van der Waals surface area contributed by atoms with Crippen LogP contribution in [0.4, 0.5) is 5.82 Å². The maximum absolute atomic E-state index is 5.65. The zero-order valence-corrected chi connectivity index (χ0v) is 13.7. The molecule has 2 aromatic heterocycles. The minimum absolute atomic E-state index is 0.497. The molecule has 1 saturated carbocycles. The molecule has 3 rings (SSSR count). The van der Waals surface area contributed by atoms with E-state index < -0.39 is 0 Å². The van der Waals surface area contributed by atoms with E-state index in [1.807, 2.05) is 0 Å². The standard InChI is InChI=1S/C16H24N4S/c1-3-4-11-5-7-12(8-6-11)14-18-15(20-17)13-9-10(2)21-16(13)19-14/h9,11-12H,3-8,17H2,1-2H3,(H,18,19,20). The molecular formula is C16H24N4S. The average Bonchev–Trinajstić information content (AvgIpc) is 2.87. The third-order valence-corrected chi connectivity index (χ3v) is 5.52. The predicted molar refractivity (Wildman–Crippen MR) is 89.6 cm³/mol. The second kappa shape index (κ2) is 6.28. The Balaban J connectivity index is 1.84. The van der Waals surface area contributed by atoms with Crippen molar-refractivity contribution in [2.45, 2.75) is 58.3 Å². The fraction of sp³-hybridized carbons (Fsp3) is 0.625. The van der Waals surface area contributed by atoms with Crippen molar-refractivity contribution in [3.63, 3.8) is 0 Å². The number of nitrogens with two attached hydrogens (primary N) is 1. The molecular weight excluding hydrogens is 280 g/mol. The number of hydrogen-bond acceptors (Lipinski definition) is 5. The van der Waals surface area contributed by atoms with Crippen LogP contribution in [0, 0.1) is 12.8 Å². The van der Waals surface area contributed by atoms with Crippen molar-refractivity contribution < 1.29 is 0 Å². The topological polar surface area (TPSA) is 63.8 Å². The number of hydrogen-bond donors (Lipinski definition) is 2. The van der Waals surface area contributed by atoms with Gasteiger partial charge in [-0.3, -0.25) is 0 Å². The molecule has 0 radical (unpaired) electrons. The number of aryl methyl sites for hydroxylation is 1. The van der Waals surface area contributed by atoms with Crippen LogP contribution in [0.25, 0.3) is 10.2 Å². The molecule has 0 spiro atoms. The smallest absolute Gasteiger partial charge is 0.152 e. The third kappa shape index (κ3) is 3.04. The van der Waals surface area contributed by atoms with Crippen molar-refractivity contribution in [2.75, 3.05) is 5.43 Å². The maximum atomic E-state index is 5.65. The lowest BCUT2D eigenvalue weighted by Gasteiger charge is -2.27. The minimum atomic E-state index is 0.497. The van der Waals surface area contributed by atoms with E-state index in [-0.39, 0.29) is 0 Å². The Labute approximate surface area is 130 Å². The molecule has 0 atom stereocenters. The quantitative estimate of drug-likeness (QED) is 0.650. The van der Waals surface area contributed by atoms with Gasteiger partial charge in [0.2, 0.25) is 0 Å². The summed E-state index contributed by atoms with van der Waals surface area (Å²) < 4.78 is 0. The number of nitrogen functional groups attached to an aromatic ring is 1. The van der Waals surface area contributed by atoms with Gasteiger partial charge in [-0.2, -0.15) is 0 Å². The molecule has 4 nitrogen and oxygen atoms in total. The Morgan fingerprint density at radius 1 is 1.29 bits per heavy atom. The van der Waals surface area contributed by atoms with E-state index in [0.29, 0.717) is 5.92 Å². The van der Waals surface area contributed by atoms with Crippen molar-refractivity contribution in [1.29, 1.82) is 0 Å². The molecule has 0 bridgehead atoms. The first-order valence-corrected chi connectivity index (χ1v) is 8.77. The summed E-state index contributed by atoms with van der Waals surface area (Å²) in [7, 11) is 0. The highest BCUT2D eigenvalue weighted by Crippen LogP contribution is 2.38. The Morgan fingerprint density at radius 2 is 2.05 bits per heavy atom. The number of nitrogens with one attached hydrogen (secondary N) is 1. The van der Waals surface area contributed by atoms with Gasteiger partial charge in [0.25, 0.3) is 0 Å². The highest BCUT2D eigenvalue weighted by molar-refractivity contribution is 7.18. The first-order valence-electron chi connectivity index (χ1n) is 7.96. The molecule has 1 aliphatic rings. The number of fused-ring (bicyclic) bond motifs is 1. The van der Waals surface area contributed by atoms with Gasteiger partial charge in [0.05, 0.1) is 5.39 Å². The summed E-state index contributed by atoms with van der Waals surface area (Å²) in [5.41, 5.74) is 2.75. The monoisotopic (exact) mass is 304 g/mol. The Bertz CT molecular complexity index is 614. The van der Waals surface area contributed by atoms with Gasteiger partial charge in [-0.15, -0.1) is 11.3 Å². The van der Waals surface area contributed by atoms with Crippen molar-refractivity contribution in [3.05, 3.63) is 16.8 Å². The summed E-state index contributed by atoms with van der Waals surface area (Å²) in [6.45, 7) is 4.38. The molecule has 114 valence electrons. The van der Waals surface area contributed by atoms with Crippen molar-refractivity contribution in [3.8, 4) is 0 Å². The van der Waals surface area contributed by atoms with E-state index >= 15 is 0 Å². The second-order valence-corrected chi connectivity index (χ2v) is 7.39. The molecule has 3 N–H and O–H groups in total. The highest BCUT2D eigenvalue weighted by Gasteiger charge is 2.25. The Morgan fingerprint density at radius 3 is 2.71 bits per heavy atom. The number of rotatable bonds is 4. The molecule has 0 amide bonds. The van der Waals surface area contributed by atoms with Gasteiger partial charge in [-0.1, -0.05) is 19.8 Å². The van der Waals surface area contributed by atoms with Crippen LogP contribution in [0.1, 0.15) is 62.1 Å². The lowest BCUT2D eigenvalue weighted by Crippen LogP contribution is -2.17. The molecule has 0 saturated heterocycles. The Kier molecular flexibility index (Phi) is 4.40. The normalized spacial score (nSPS) is 22.6. The number of nitrogens with zero attached hydrogens (tertiary/aromatic N) is 2. The van der Waals surface area contributed by atoms with Gasteiger partial charge in [-0.25, -0.2) is 15.8 Å². The first kappa shape index (κ1) is 14.7. The molecule has 0 aliphatic heterocycles. The molecule has 0 aromatic carbocycles. The number of hydrazine groups is 1.